The Morgan fingerprint density at radius 3 is 2.50 bits per heavy atom. The highest BCUT2D eigenvalue weighted by atomic mass is 16.5. The standard InChI is InChI=1S/C15H28O/c1-4-6-8-14(3)12-13(16-5-2)7-9-15(14)10-11-15/h13H,4-12H2,1-3H3. The first-order chi connectivity index (χ1) is 7.66. The fraction of sp³-hybridized carbons (Fsp3) is 1.00. The number of ether oxygens (including phenoxy) is 1. The molecule has 2 atom stereocenters. The summed E-state index contributed by atoms with van der Waals surface area (Å²) in [5.41, 5.74) is 1.32. The predicted octanol–water partition coefficient (Wildman–Crippen LogP) is 4.55. The lowest BCUT2D eigenvalue weighted by atomic mass is 9.61. The number of rotatable bonds is 5. The molecule has 0 radical (unpaired) electrons. The van der Waals surface area contributed by atoms with Gasteiger partial charge in [0, 0.05) is 6.61 Å². The van der Waals surface area contributed by atoms with E-state index in [1.807, 2.05) is 0 Å². The summed E-state index contributed by atoms with van der Waals surface area (Å²) < 4.78 is 5.88. The van der Waals surface area contributed by atoms with Crippen molar-refractivity contribution < 1.29 is 4.74 Å². The average Bonchev–Trinajstić information content (AvgIpc) is 3.04. The second kappa shape index (κ2) is 4.68. The van der Waals surface area contributed by atoms with E-state index in [-0.39, 0.29) is 0 Å². The highest BCUT2D eigenvalue weighted by Gasteiger charge is 2.58. The van der Waals surface area contributed by atoms with Crippen molar-refractivity contribution >= 4 is 0 Å². The van der Waals surface area contributed by atoms with Crippen LogP contribution in [-0.2, 0) is 4.74 Å². The van der Waals surface area contributed by atoms with Gasteiger partial charge in [-0.1, -0.05) is 26.7 Å². The van der Waals surface area contributed by atoms with Gasteiger partial charge in [0.2, 0.25) is 0 Å². The Hall–Kier alpha value is -0.0400. The molecule has 0 aromatic rings. The second-order valence-corrected chi connectivity index (χ2v) is 6.26. The summed E-state index contributed by atoms with van der Waals surface area (Å²) in [5, 5.41) is 0. The molecule has 2 saturated carbocycles. The van der Waals surface area contributed by atoms with E-state index in [1.54, 1.807) is 0 Å². The topological polar surface area (TPSA) is 9.23 Å². The Bertz CT molecular complexity index is 232. The van der Waals surface area contributed by atoms with Gasteiger partial charge in [-0.15, -0.1) is 0 Å². The number of unbranched alkanes of at least 4 members (excludes halogenated alkanes) is 1. The summed E-state index contributed by atoms with van der Waals surface area (Å²) in [7, 11) is 0. The average molecular weight is 224 g/mol. The molecule has 2 aliphatic carbocycles. The lowest BCUT2D eigenvalue weighted by Crippen LogP contribution is -2.39. The molecule has 0 aromatic carbocycles. The smallest absolute Gasteiger partial charge is 0.0580 e. The van der Waals surface area contributed by atoms with E-state index < -0.39 is 0 Å². The Morgan fingerprint density at radius 1 is 1.19 bits per heavy atom. The molecular weight excluding hydrogens is 196 g/mol. The van der Waals surface area contributed by atoms with Crippen LogP contribution in [0, 0.1) is 10.8 Å². The Kier molecular flexibility index (Phi) is 3.63. The van der Waals surface area contributed by atoms with Crippen molar-refractivity contribution in [2.45, 2.75) is 78.2 Å². The third-order valence-electron chi connectivity index (χ3n) is 5.24. The van der Waals surface area contributed by atoms with Gasteiger partial charge >= 0.3 is 0 Å². The fourth-order valence-electron chi connectivity index (χ4n) is 3.88. The Morgan fingerprint density at radius 2 is 1.94 bits per heavy atom. The molecule has 1 heteroatoms. The molecular formula is C15H28O. The maximum Gasteiger partial charge on any atom is 0.0580 e. The first-order valence-corrected chi connectivity index (χ1v) is 7.27. The van der Waals surface area contributed by atoms with Crippen molar-refractivity contribution in [2.75, 3.05) is 6.61 Å². The van der Waals surface area contributed by atoms with E-state index in [2.05, 4.69) is 20.8 Å². The summed E-state index contributed by atoms with van der Waals surface area (Å²) in [6.07, 6.45) is 11.8. The summed E-state index contributed by atoms with van der Waals surface area (Å²) in [6, 6.07) is 0. The molecule has 1 nitrogen and oxygen atoms in total. The van der Waals surface area contributed by atoms with E-state index >= 15 is 0 Å². The van der Waals surface area contributed by atoms with E-state index in [0.717, 1.165) is 12.0 Å². The van der Waals surface area contributed by atoms with Crippen LogP contribution in [0.25, 0.3) is 0 Å². The van der Waals surface area contributed by atoms with Crippen molar-refractivity contribution in [1.82, 2.24) is 0 Å². The number of hydrogen-bond donors (Lipinski definition) is 0. The molecule has 0 amide bonds. The minimum absolute atomic E-state index is 0.554. The van der Waals surface area contributed by atoms with E-state index in [0.29, 0.717) is 11.5 Å². The monoisotopic (exact) mass is 224 g/mol. The molecule has 0 N–H and O–H groups in total. The summed E-state index contributed by atoms with van der Waals surface area (Å²) in [5.74, 6) is 0. The lowest BCUT2D eigenvalue weighted by molar-refractivity contribution is -0.0465. The van der Waals surface area contributed by atoms with Crippen molar-refractivity contribution in [3.8, 4) is 0 Å². The molecule has 2 aliphatic rings. The third kappa shape index (κ3) is 2.16. The Balaban J connectivity index is 1.99. The molecule has 0 saturated heterocycles. The van der Waals surface area contributed by atoms with Crippen LogP contribution in [0.1, 0.15) is 72.1 Å². The zero-order valence-corrected chi connectivity index (χ0v) is 11.3. The van der Waals surface area contributed by atoms with Gasteiger partial charge in [-0.25, -0.2) is 0 Å². The first kappa shape index (κ1) is 12.4. The molecule has 2 unspecified atom stereocenters. The van der Waals surface area contributed by atoms with Crippen LogP contribution in [0.4, 0.5) is 0 Å². The molecule has 16 heavy (non-hydrogen) atoms. The maximum absolute atomic E-state index is 5.88. The fourth-order valence-corrected chi connectivity index (χ4v) is 3.88. The van der Waals surface area contributed by atoms with Crippen LogP contribution in [0.15, 0.2) is 0 Å². The largest absolute Gasteiger partial charge is 0.378 e. The van der Waals surface area contributed by atoms with E-state index in [9.17, 15) is 0 Å². The molecule has 0 aromatic heterocycles. The van der Waals surface area contributed by atoms with E-state index in [1.165, 1.54) is 51.4 Å². The van der Waals surface area contributed by atoms with Crippen molar-refractivity contribution in [2.24, 2.45) is 10.8 Å². The van der Waals surface area contributed by atoms with Gasteiger partial charge in [-0.2, -0.15) is 0 Å². The van der Waals surface area contributed by atoms with Crippen molar-refractivity contribution in [3.05, 3.63) is 0 Å². The molecule has 0 aliphatic heterocycles. The van der Waals surface area contributed by atoms with Crippen molar-refractivity contribution in [1.29, 1.82) is 0 Å². The van der Waals surface area contributed by atoms with Gasteiger partial charge in [0.1, 0.15) is 0 Å². The zero-order chi connectivity index (χ0) is 11.6. The normalized spacial score (nSPS) is 36.6. The first-order valence-electron chi connectivity index (χ1n) is 7.27. The van der Waals surface area contributed by atoms with Crippen LogP contribution in [0.2, 0.25) is 0 Å². The van der Waals surface area contributed by atoms with Crippen LogP contribution in [0.5, 0.6) is 0 Å². The van der Waals surface area contributed by atoms with Crippen LogP contribution < -0.4 is 0 Å². The molecule has 1 spiro atoms. The predicted molar refractivity (Wildman–Crippen MR) is 68.6 cm³/mol. The van der Waals surface area contributed by atoms with E-state index in [4.69, 9.17) is 4.74 Å². The van der Waals surface area contributed by atoms with Crippen LogP contribution >= 0.6 is 0 Å². The summed E-state index contributed by atoms with van der Waals surface area (Å²) in [6.45, 7) is 7.87. The maximum atomic E-state index is 5.88. The highest BCUT2D eigenvalue weighted by Crippen LogP contribution is 2.67. The molecule has 0 heterocycles. The molecule has 0 bridgehead atoms. The van der Waals surface area contributed by atoms with Gasteiger partial charge in [-0.3, -0.25) is 0 Å². The van der Waals surface area contributed by atoms with Crippen LogP contribution in [-0.4, -0.2) is 12.7 Å². The SMILES string of the molecule is CCCCC1(C)CC(OCC)CCC12CC2. The summed E-state index contributed by atoms with van der Waals surface area (Å²) in [4.78, 5) is 0. The van der Waals surface area contributed by atoms with Crippen LogP contribution in [0.3, 0.4) is 0 Å². The third-order valence-corrected chi connectivity index (χ3v) is 5.24. The molecule has 94 valence electrons. The van der Waals surface area contributed by atoms with Gasteiger partial charge in [0.15, 0.2) is 0 Å². The molecule has 2 rings (SSSR count). The van der Waals surface area contributed by atoms with Crippen molar-refractivity contribution in [3.63, 3.8) is 0 Å². The van der Waals surface area contributed by atoms with Gasteiger partial charge in [-0.05, 0) is 56.3 Å². The second-order valence-electron chi connectivity index (χ2n) is 6.26. The lowest BCUT2D eigenvalue weighted by Gasteiger charge is -2.46. The minimum atomic E-state index is 0.554. The quantitative estimate of drug-likeness (QED) is 0.665. The van der Waals surface area contributed by atoms with Gasteiger partial charge in [0.05, 0.1) is 6.10 Å². The summed E-state index contributed by atoms with van der Waals surface area (Å²) >= 11 is 0. The molecule has 2 fully saturated rings. The zero-order valence-electron chi connectivity index (χ0n) is 11.3. The highest BCUT2D eigenvalue weighted by molar-refractivity contribution is 5.08. The van der Waals surface area contributed by atoms with Gasteiger partial charge in [0.25, 0.3) is 0 Å². The Labute approximate surface area is 101 Å². The minimum Gasteiger partial charge on any atom is -0.378 e. The number of hydrogen-bond acceptors (Lipinski definition) is 1. The van der Waals surface area contributed by atoms with Gasteiger partial charge < -0.3 is 4.74 Å².